The molecule has 0 nitrogen and oxygen atoms in total. The summed E-state index contributed by atoms with van der Waals surface area (Å²) in [6.07, 6.45) is 1.68. The fourth-order valence-corrected chi connectivity index (χ4v) is 1.02. The molecule has 0 spiro atoms. The quantitative estimate of drug-likeness (QED) is 0.603. The fourth-order valence-electron chi connectivity index (χ4n) is 1.02. The minimum absolute atomic E-state index is 0.0694. The Hall–Kier alpha value is -1.18. The van der Waals surface area contributed by atoms with Crippen LogP contribution < -0.4 is 0 Å². The van der Waals surface area contributed by atoms with E-state index in [1.807, 2.05) is 0 Å². The average Bonchev–Trinajstić information content (AvgIpc) is 2.03. The van der Waals surface area contributed by atoms with Gasteiger partial charge in [-0.05, 0) is 31.6 Å². The largest absolute Gasteiger partial charge is 0.206 e. The van der Waals surface area contributed by atoms with E-state index in [0.29, 0.717) is 5.57 Å². The highest BCUT2D eigenvalue weighted by Crippen LogP contribution is 2.20. The van der Waals surface area contributed by atoms with Gasteiger partial charge < -0.3 is 0 Å². The first-order valence-electron chi connectivity index (χ1n) is 3.74. The van der Waals surface area contributed by atoms with Gasteiger partial charge in [-0.3, -0.25) is 0 Å². The van der Waals surface area contributed by atoms with E-state index >= 15 is 0 Å². The number of hydrogen-bond acceptors (Lipinski definition) is 0. The molecular formula is C10H10F2. The molecule has 0 aromatic heterocycles. The summed E-state index contributed by atoms with van der Waals surface area (Å²) in [7, 11) is 0. The van der Waals surface area contributed by atoms with Crippen molar-refractivity contribution in [3.63, 3.8) is 0 Å². The minimum Gasteiger partial charge on any atom is -0.206 e. The molecule has 0 aliphatic carbocycles. The Morgan fingerprint density at radius 2 is 1.75 bits per heavy atom. The van der Waals surface area contributed by atoms with Gasteiger partial charge in [-0.1, -0.05) is 12.1 Å². The molecular weight excluding hydrogens is 158 g/mol. The van der Waals surface area contributed by atoms with Crippen molar-refractivity contribution >= 4 is 5.57 Å². The summed E-state index contributed by atoms with van der Waals surface area (Å²) in [6, 6.07) is 3.87. The van der Waals surface area contributed by atoms with Gasteiger partial charge in [0.05, 0.1) is 0 Å². The van der Waals surface area contributed by atoms with Crippen LogP contribution in [0.2, 0.25) is 0 Å². The second kappa shape index (κ2) is 3.48. The van der Waals surface area contributed by atoms with Crippen molar-refractivity contribution in [1.82, 2.24) is 0 Å². The first-order valence-corrected chi connectivity index (χ1v) is 3.74. The summed E-state index contributed by atoms with van der Waals surface area (Å²) in [4.78, 5) is 0. The Balaban J connectivity index is 3.31. The van der Waals surface area contributed by atoms with Crippen LogP contribution in [0.1, 0.15) is 19.4 Å². The van der Waals surface area contributed by atoms with Crippen molar-refractivity contribution in [2.75, 3.05) is 0 Å². The Morgan fingerprint density at radius 1 is 1.25 bits per heavy atom. The van der Waals surface area contributed by atoms with Gasteiger partial charge in [0.15, 0.2) is 0 Å². The molecule has 2 heteroatoms. The summed E-state index contributed by atoms with van der Waals surface area (Å²) in [6.45, 7) is 3.43. The lowest BCUT2D eigenvalue weighted by atomic mass is 10.1. The van der Waals surface area contributed by atoms with E-state index in [2.05, 4.69) is 0 Å². The monoisotopic (exact) mass is 168 g/mol. The molecule has 0 atom stereocenters. The third-order valence-electron chi connectivity index (χ3n) is 1.79. The minimum atomic E-state index is -0.509. The summed E-state index contributed by atoms with van der Waals surface area (Å²) in [5.74, 6) is -1.02. The van der Waals surface area contributed by atoms with Crippen molar-refractivity contribution in [2.24, 2.45) is 0 Å². The SMILES string of the molecule is C/C=C(/C)c1c(F)cccc1F. The van der Waals surface area contributed by atoms with Gasteiger partial charge in [0.2, 0.25) is 0 Å². The molecule has 64 valence electrons. The average molecular weight is 168 g/mol. The van der Waals surface area contributed by atoms with Gasteiger partial charge in [-0.2, -0.15) is 0 Å². The molecule has 1 rings (SSSR count). The van der Waals surface area contributed by atoms with Gasteiger partial charge in [-0.15, -0.1) is 0 Å². The molecule has 0 saturated heterocycles. The van der Waals surface area contributed by atoms with Crippen LogP contribution in [0.5, 0.6) is 0 Å². The highest BCUT2D eigenvalue weighted by molar-refractivity contribution is 5.64. The van der Waals surface area contributed by atoms with Crippen LogP contribution in [-0.4, -0.2) is 0 Å². The molecule has 0 heterocycles. The Kier molecular flexibility index (Phi) is 2.58. The Labute approximate surface area is 70.5 Å². The first kappa shape index (κ1) is 8.91. The third kappa shape index (κ3) is 1.52. The van der Waals surface area contributed by atoms with Gasteiger partial charge >= 0.3 is 0 Å². The van der Waals surface area contributed by atoms with Gasteiger partial charge in [0.1, 0.15) is 11.6 Å². The lowest BCUT2D eigenvalue weighted by molar-refractivity contribution is 0.577. The van der Waals surface area contributed by atoms with Crippen LogP contribution in [-0.2, 0) is 0 Å². The summed E-state index contributed by atoms with van der Waals surface area (Å²) >= 11 is 0. The first-order chi connectivity index (χ1) is 5.66. The van der Waals surface area contributed by atoms with Crippen molar-refractivity contribution in [1.29, 1.82) is 0 Å². The van der Waals surface area contributed by atoms with E-state index in [0.717, 1.165) is 0 Å². The van der Waals surface area contributed by atoms with E-state index in [1.165, 1.54) is 18.2 Å². The molecule has 0 amide bonds. The molecule has 0 unspecified atom stereocenters. The fraction of sp³-hybridized carbons (Fsp3) is 0.200. The highest BCUT2D eigenvalue weighted by atomic mass is 19.1. The Morgan fingerprint density at radius 3 is 2.17 bits per heavy atom. The van der Waals surface area contributed by atoms with E-state index in [1.54, 1.807) is 19.9 Å². The highest BCUT2D eigenvalue weighted by Gasteiger charge is 2.08. The lowest BCUT2D eigenvalue weighted by Crippen LogP contribution is -1.91. The van der Waals surface area contributed by atoms with E-state index in [-0.39, 0.29) is 5.56 Å². The van der Waals surface area contributed by atoms with Gasteiger partial charge in [-0.25, -0.2) is 8.78 Å². The van der Waals surface area contributed by atoms with E-state index in [4.69, 9.17) is 0 Å². The molecule has 0 fully saturated rings. The predicted molar refractivity (Wildman–Crippen MR) is 45.7 cm³/mol. The summed E-state index contributed by atoms with van der Waals surface area (Å²) in [5, 5.41) is 0. The third-order valence-corrected chi connectivity index (χ3v) is 1.79. The zero-order chi connectivity index (χ0) is 9.14. The summed E-state index contributed by atoms with van der Waals surface area (Å²) < 4.78 is 26.0. The molecule has 0 bridgehead atoms. The molecule has 0 saturated carbocycles. The Bertz CT molecular complexity index is 293. The normalized spacial score (nSPS) is 11.8. The van der Waals surface area contributed by atoms with Crippen LogP contribution in [0.15, 0.2) is 24.3 Å². The molecule has 1 aromatic carbocycles. The summed E-state index contributed by atoms with van der Waals surface area (Å²) in [5.41, 5.74) is 0.686. The molecule has 1 aromatic rings. The van der Waals surface area contributed by atoms with Crippen LogP contribution in [0, 0.1) is 11.6 Å². The van der Waals surface area contributed by atoms with E-state index < -0.39 is 11.6 Å². The van der Waals surface area contributed by atoms with Crippen molar-refractivity contribution < 1.29 is 8.78 Å². The van der Waals surface area contributed by atoms with Crippen molar-refractivity contribution in [3.8, 4) is 0 Å². The number of allylic oxidation sites excluding steroid dienone is 2. The number of rotatable bonds is 1. The maximum Gasteiger partial charge on any atom is 0.133 e. The number of halogens is 2. The molecule has 0 aliphatic rings. The number of benzene rings is 1. The van der Waals surface area contributed by atoms with E-state index in [9.17, 15) is 8.78 Å². The number of hydrogen-bond donors (Lipinski definition) is 0. The molecule has 0 aliphatic heterocycles. The van der Waals surface area contributed by atoms with Crippen molar-refractivity contribution in [2.45, 2.75) is 13.8 Å². The molecule has 0 N–H and O–H groups in total. The second-order valence-electron chi connectivity index (χ2n) is 2.57. The maximum absolute atomic E-state index is 13.0. The topological polar surface area (TPSA) is 0 Å². The zero-order valence-electron chi connectivity index (χ0n) is 7.07. The van der Waals surface area contributed by atoms with Gasteiger partial charge in [0.25, 0.3) is 0 Å². The molecule has 12 heavy (non-hydrogen) atoms. The zero-order valence-corrected chi connectivity index (χ0v) is 7.07. The predicted octanol–water partition coefficient (Wildman–Crippen LogP) is 3.39. The van der Waals surface area contributed by atoms with Crippen LogP contribution in [0.25, 0.3) is 5.57 Å². The smallest absolute Gasteiger partial charge is 0.133 e. The standard InChI is InChI=1S/C10H10F2/c1-3-7(2)10-8(11)5-4-6-9(10)12/h3-6H,1-2H3/b7-3-. The van der Waals surface area contributed by atoms with Crippen molar-refractivity contribution in [3.05, 3.63) is 41.5 Å². The van der Waals surface area contributed by atoms with Crippen LogP contribution in [0.3, 0.4) is 0 Å². The second-order valence-corrected chi connectivity index (χ2v) is 2.57. The van der Waals surface area contributed by atoms with Gasteiger partial charge in [0, 0.05) is 5.56 Å². The van der Waals surface area contributed by atoms with Crippen LogP contribution in [0.4, 0.5) is 8.78 Å². The molecule has 0 radical (unpaired) electrons. The van der Waals surface area contributed by atoms with Crippen LogP contribution >= 0.6 is 0 Å². The maximum atomic E-state index is 13.0. The lowest BCUT2D eigenvalue weighted by Gasteiger charge is -2.03.